The minimum absolute atomic E-state index is 0. The van der Waals surface area contributed by atoms with Gasteiger partial charge in [0.05, 0.1) is 11.3 Å². The maximum Gasteiger partial charge on any atom is 0.253 e. The Morgan fingerprint density at radius 2 is 2.09 bits per heavy atom. The maximum atomic E-state index is 12.3. The summed E-state index contributed by atoms with van der Waals surface area (Å²) in [4.78, 5) is 24.5. The third kappa shape index (κ3) is 5.37. The molecule has 1 aromatic carbocycles. The van der Waals surface area contributed by atoms with Crippen LogP contribution in [0.2, 0.25) is 5.02 Å². The normalized spacial score (nSPS) is 19.8. The van der Waals surface area contributed by atoms with E-state index in [0.717, 1.165) is 19.3 Å². The predicted octanol–water partition coefficient (Wildman–Crippen LogP) is 2.97. The van der Waals surface area contributed by atoms with E-state index < -0.39 is 0 Å². The van der Waals surface area contributed by atoms with E-state index in [1.807, 2.05) is 6.92 Å². The van der Waals surface area contributed by atoms with Gasteiger partial charge in [-0.15, -0.1) is 12.4 Å². The van der Waals surface area contributed by atoms with Crippen molar-refractivity contribution in [3.05, 3.63) is 28.8 Å². The molecule has 2 amide bonds. The lowest BCUT2D eigenvalue weighted by molar-refractivity contribution is -0.119. The fraction of sp³-hybridized carbons (Fsp3) is 0.500. The van der Waals surface area contributed by atoms with Crippen molar-refractivity contribution >= 4 is 41.5 Å². The predicted molar refractivity (Wildman–Crippen MR) is 95.3 cm³/mol. The van der Waals surface area contributed by atoms with Gasteiger partial charge in [-0.2, -0.15) is 0 Å². The van der Waals surface area contributed by atoms with Crippen LogP contribution in [0.3, 0.4) is 0 Å². The molecule has 23 heavy (non-hydrogen) atoms. The fourth-order valence-electron chi connectivity index (χ4n) is 2.64. The topological polar surface area (TPSA) is 84.2 Å². The van der Waals surface area contributed by atoms with Gasteiger partial charge in [0.1, 0.15) is 0 Å². The van der Waals surface area contributed by atoms with Crippen molar-refractivity contribution in [1.82, 2.24) is 5.32 Å². The van der Waals surface area contributed by atoms with Crippen LogP contribution in [0.1, 0.15) is 43.0 Å². The summed E-state index contributed by atoms with van der Waals surface area (Å²) in [5.74, 6) is -0.405. The summed E-state index contributed by atoms with van der Waals surface area (Å²) in [5.41, 5.74) is 6.72. The largest absolute Gasteiger partial charge is 0.352 e. The Labute approximate surface area is 147 Å². The lowest BCUT2D eigenvalue weighted by atomic mass is 10.1. The molecule has 1 aliphatic rings. The highest BCUT2D eigenvalue weighted by Crippen LogP contribution is 2.27. The first-order valence-corrected chi connectivity index (χ1v) is 8.03. The number of hydrogen-bond acceptors (Lipinski definition) is 3. The van der Waals surface area contributed by atoms with Crippen LogP contribution in [0.25, 0.3) is 0 Å². The molecule has 4 N–H and O–H groups in total. The third-order valence-corrected chi connectivity index (χ3v) is 4.10. The van der Waals surface area contributed by atoms with Gasteiger partial charge in [-0.05, 0) is 43.9 Å². The summed E-state index contributed by atoms with van der Waals surface area (Å²) in [6, 6.07) is 4.96. The van der Waals surface area contributed by atoms with E-state index in [4.69, 9.17) is 17.3 Å². The number of halogens is 2. The molecule has 2 atom stereocenters. The van der Waals surface area contributed by atoms with Gasteiger partial charge in [0.25, 0.3) is 5.91 Å². The molecule has 7 heteroatoms. The molecule has 0 bridgehead atoms. The number of carbonyl (C=O) groups excluding carboxylic acids is 2. The average Bonchev–Trinajstić information content (AvgIpc) is 2.91. The van der Waals surface area contributed by atoms with Gasteiger partial charge < -0.3 is 16.4 Å². The zero-order chi connectivity index (χ0) is 16.1. The Kier molecular flexibility index (Phi) is 7.82. The van der Waals surface area contributed by atoms with Crippen LogP contribution in [0.15, 0.2) is 18.2 Å². The molecule has 2 rings (SSSR count). The number of amides is 2. The Morgan fingerprint density at radius 3 is 2.70 bits per heavy atom. The van der Waals surface area contributed by atoms with Crippen molar-refractivity contribution in [2.24, 2.45) is 11.7 Å². The summed E-state index contributed by atoms with van der Waals surface area (Å²) < 4.78 is 0. The molecule has 1 aromatic rings. The minimum atomic E-state index is -0.211. The van der Waals surface area contributed by atoms with Gasteiger partial charge >= 0.3 is 0 Å². The number of nitrogens with one attached hydrogen (secondary N) is 2. The van der Waals surface area contributed by atoms with Crippen molar-refractivity contribution < 1.29 is 9.59 Å². The molecule has 1 fully saturated rings. The van der Waals surface area contributed by atoms with Gasteiger partial charge in [-0.3, -0.25) is 9.59 Å². The smallest absolute Gasteiger partial charge is 0.253 e. The summed E-state index contributed by atoms with van der Waals surface area (Å²) in [6.07, 6.45) is 3.17. The maximum absolute atomic E-state index is 12.3. The summed E-state index contributed by atoms with van der Waals surface area (Å²) in [6.45, 7) is 2.57. The van der Waals surface area contributed by atoms with Gasteiger partial charge in [0.2, 0.25) is 5.91 Å². The number of anilines is 1. The molecule has 2 unspecified atom stereocenters. The molecule has 0 heterocycles. The lowest BCUT2D eigenvalue weighted by Crippen LogP contribution is -2.27. The average molecular weight is 360 g/mol. The van der Waals surface area contributed by atoms with E-state index in [1.54, 1.807) is 18.2 Å². The molecule has 0 saturated heterocycles. The first kappa shape index (κ1) is 19.7. The van der Waals surface area contributed by atoms with Crippen LogP contribution in [0.4, 0.5) is 5.69 Å². The van der Waals surface area contributed by atoms with Crippen molar-refractivity contribution in [3.8, 4) is 0 Å². The Hall–Kier alpha value is -1.30. The standard InChI is InChI=1S/C16H22ClN3O2.ClH/c1-2-7-19-16(22)13-6-4-11(17)9-14(13)20-15(21)10-3-5-12(18)8-10;/h4,6,9-10,12H,2-3,5,7-8,18H2,1H3,(H,19,22)(H,20,21);1H. The van der Waals surface area contributed by atoms with Crippen LogP contribution < -0.4 is 16.4 Å². The zero-order valence-electron chi connectivity index (χ0n) is 13.1. The number of nitrogens with two attached hydrogens (primary N) is 1. The minimum Gasteiger partial charge on any atom is -0.352 e. The Bertz CT molecular complexity index is 566. The quantitative estimate of drug-likeness (QED) is 0.755. The van der Waals surface area contributed by atoms with Gasteiger partial charge in [-0.1, -0.05) is 18.5 Å². The van der Waals surface area contributed by atoms with Crippen molar-refractivity contribution in [2.75, 3.05) is 11.9 Å². The van der Waals surface area contributed by atoms with E-state index in [2.05, 4.69) is 10.6 Å². The van der Waals surface area contributed by atoms with Crippen LogP contribution in [0.5, 0.6) is 0 Å². The molecule has 5 nitrogen and oxygen atoms in total. The van der Waals surface area contributed by atoms with E-state index in [-0.39, 0.29) is 36.2 Å². The molecule has 0 aliphatic heterocycles. The SMILES string of the molecule is CCCNC(=O)c1ccc(Cl)cc1NC(=O)C1CCC(N)C1.Cl. The summed E-state index contributed by atoms with van der Waals surface area (Å²) >= 11 is 5.99. The molecule has 0 radical (unpaired) electrons. The van der Waals surface area contributed by atoms with E-state index in [1.165, 1.54) is 0 Å². The fourth-order valence-corrected chi connectivity index (χ4v) is 2.81. The zero-order valence-corrected chi connectivity index (χ0v) is 14.7. The number of benzene rings is 1. The van der Waals surface area contributed by atoms with Gasteiger partial charge in [0, 0.05) is 23.5 Å². The summed E-state index contributed by atoms with van der Waals surface area (Å²) in [7, 11) is 0. The van der Waals surface area contributed by atoms with E-state index >= 15 is 0 Å². The monoisotopic (exact) mass is 359 g/mol. The highest BCUT2D eigenvalue weighted by Gasteiger charge is 2.28. The second-order valence-corrected chi connectivity index (χ2v) is 6.14. The number of rotatable bonds is 5. The Morgan fingerprint density at radius 1 is 1.35 bits per heavy atom. The van der Waals surface area contributed by atoms with Crippen LogP contribution in [-0.2, 0) is 4.79 Å². The Balaban J connectivity index is 0.00000264. The van der Waals surface area contributed by atoms with Gasteiger partial charge in [-0.25, -0.2) is 0 Å². The van der Waals surface area contributed by atoms with E-state index in [0.29, 0.717) is 29.2 Å². The van der Waals surface area contributed by atoms with Crippen molar-refractivity contribution in [1.29, 1.82) is 0 Å². The molecule has 0 aromatic heterocycles. The third-order valence-electron chi connectivity index (χ3n) is 3.86. The molecule has 1 saturated carbocycles. The number of hydrogen-bond donors (Lipinski definition) is 3. The van der Waals surface area contributed by atoms with Gasteiger partial charge in [0.15, 0.2) is 0 Å². The second-order valence-electron chi connectivity index (χ2n) is 5.71. The highest BCUT2D eigenvalue weighted by atomic mass is 35.5. The van der Waals surface area contributed by atoms with Crippen LogP contribution in [-0.4, -0.2) is 24.4 Å². The molecule has 128 valence electrons. The second kappa shape index (κ2) is 9.11. The van der Waals surface area contributed by atoms with E-state index in [9.17, 15) is 9.59 Å². The van der Waals surface area contributed by atoms with Crippen LogP contribution >= 0.6 is 24.0 Å². The summed E-state index contributed by atoms with van der Waals surface area (Å²) in [5, 5.41) is 6.11. The molecule has 1 aliphatic carbocycles. The van der Waals surface area contributed by atoms with Crippen LogP contribution in [0, 0.1) is 5.92 Å². The van der Waals surface area contributed by atoms with Crippen molar-refractivity contribution in [3.63, 3.8) is 0 Å². The molecule has 0 spiro atoms. The first-order valence-electron chi connectivity index (χ1n) is 7.65. The molecular weight excluding hydrogens is 337 g/mol. The lowest BCUT2D eigenvalue weighted by Gasteiger charge is -2.14. The van der Waals surface area contributed by atoms with Crippen molar-refractivity contribution in [2.45, 2.75) is 38.6 Å². The molecular formula is C16H23Cl2N3O2. The number of carbonyl (C=O) groups is 2. The highest BCUT2D eigenvalue weighted by molar-refractivity contribution is 6.31. The first-order chi connectivity index (χ1) is 10.5.